The molecule has 0 aromatic carbocycles. The predicted octanol–water partition coefficient (Wildman–Crippen LogP) is 2.38. The van der Waals surface area contributed by atoms with Crippen molar-refractivity contribution in [1.29, 1.82) is 0 Å². The van der Waals surface area contributed by atoms with Crippen LogP contribution in [0.3, 0.4) is 0 Å². The lowest BCUT2D eigenvalue weighted by Crippen LogP contribution is -2.48. The highest BCUT2D eigenvalue weighted by Gasteiger charge is 2.40. The fourth-order valence-electron chi connectivity index (χ4n) is 1.67. The lowest BCUT2D eigenvalue weighted by atomic mass is 10.4. The van der Waals surface area contributed by atoms with E-state index in [0.29, 0.717) is 17.8 Å². The van der Waals surface area contributed by atoms with Crippen molar-refractivity contribution in [2.45, 2.75) is 32.9 Å². The molecule has 0 saturated heterocycles. The van der Waals surface area contributed by atoms with Crippen LogP contribution in [0.4, 0.5) is 0 Å². The third-order valence-corrected chi connectivity index (χ3v) is 9.23. The van der Waals surface area contributed by atoms with Crippen molar-refractivity contribution >= 4 is 29.3 Å². The predicted molar refractivity (Wildman–Crippen MR) is 113 cm³/mol. The Hall–Kier alpha value is -1.35. The van der Waals surface area contributed by atoms with Gasteiger partial charge in [-0.25, -0.2) is 9.59 Å². The molecule has 0 aliphatic carbocycles. The summed E-state index contributed by atoms with van der Waals surface area (Å²) in [6.45, 7) is 12.5. The van der Waals surface area contributed by atoms with Gasteiger partial charge in [0.05, 0.1) is 6.61 Å². The molecule has 0 heterocycles. The first kappa shape index (κ1) is 29.9. The summed E-state index contributed by atoms with van der Waals surface area (Å²) in [6, 6.07) is 0.809. The second kappa shape index (κ2) is 15.5. The van der Waals surface area contributed by atoms with Crippen LogP contribution in [0.5, 0.6) is 0 Å². The largest absolute Gasteiger partial charge is 0.539 e. The fraction of sp³-hybridized carbons (Fsp3) is 0.667. The molecule has 0 aromatic rings. The van der Waals surface area contributed by atoms with Gasteiger partial charge in [0.15, 0.2) is 6.23 Å². The van der Waals surface area contributed by atoms with Gasteiger partial charge in [0.1, 0.15) is 0 Å². The molecule has 170 valence electrons. The Morgan fingerprint density at radius 2 is 1.17 bits per heavy atom. The number of rotatable bonds is 13. The molecule has 0 rings (SSSR count). The van der Waals surface area contributed by atoms with Crippen LogP contribution in [0.2, 0.25) is 12.6 Å². The van der Waals surface area contributed by atoms with E-state index in [1.165, 1.54) is 21.3 Å². The summed E-state index contributed by atoms with van der Waals surface area (Å²) < 4.78 is 35.6. The van der Waals surface area contributed by atoms with Gasteiger partial charge in [-0.2, -0.15) is 0 Å². The topological polar surface area (TPSA) is 98.8 Å². The van der Waals surface area contributed by atoms with Crippen LogP contribution in [0, 0.1) is 0 Å². The monoisotopic (exact) mass is 452 g/mol. The van der Waals surface area contributed by atoms with Gasteiger partial charge in [0.25, 0.3) is 0 Å². The van der Waals surface area contributed by atoms with Gasteiger partial charge in [-0.3, -0.25) is 0 Å². The van der Waals surface area contributed by atoms with E-state index >= 15 is 0 Å². The van der Waals surface area contributed by atoms with Gasteiger partial charge in [-0.05, 0) is 32.9 Å². The maximum absolute atomic E-state index is 11.1. The van der Waals surface area contributed by atoms with E-state index in [1.807, 2.05) is 6.55 Å². The lowest BCUT2D eigenvalue weighted by Gasteiger charge is -2.23. The molecule has 11 heteroatoms. The van der Waals surface area contributed by atoms with Gasteiger partial charge in [-0.15, -0.1) is 0 Å². The summed E-state index contributed by atoms with van der Waals surface area (Å²) in [6.07, 6.45) is 0.742. The number of carbonyl (C=O) groups is 2. The van der Waals surface area contributed by atoms with E-state index in [1.54, 1.807) is 28.1 Å². The minimum absolute atomic E-state index is 0.0117. The molecule has 0 fully saturated rings. The first-order valence-corrected chi connectivity index (χ1v) is 13.3. The van der Waals surface area contributed by atoms with Gasteiger partial charge in [0.2, 0.25) is 0 Å². The Bertz CT molecular complexity index is 521. The third kappa shape index (κ3) is 12.7. The highest BCUT2D eigenvalue weighted by Crippen LogP contribution is 2.13. The molecular formula is C18H36O9Si2. The summed E-state index contributed by atoms with van der Waals surface area (Å²) in [7, 11) is 2.83. The zero-order valence-corrected chi connectivity index (χ0v) is 20.9. The van der Waals surface area contributed by atoms with Crippen molar-refractivity contribution in [1.82, 2.24) is 0 Å². The highest BCUT2D eigenvalue weighted by molar-refractivity contribution is 6.65. The average molecular weight is 453 g/mol. The molecule has 0 aromatic heterocycles. The maximum Gasteiger partial charge on any atom is 0.539 e. The molecule has 0 spiro atoms. The zero-order valence-electron chi connectivity index (χ0n) is 18.9. The second-order valence-electron chi connectivity index (χ2n) is 6.21. The van der Waals surface area contributed by atoms with Gasteiger partial charge >= 0.3 is 29.3 Å². The first-order chi connectivity index (χ1) is 13.5. The maximum atomic E-state index is 11.1. The van der Waals surface area contributed by atoms with E-state index < -0.39 is 23.3 Å². The van der Waals surface area contributed by atoms with Crippen LogP contribution in [0.15, 0.2) is 24.3 Å². The average Bonchev–Trinajstić information content (AvgIpc) is 2.72. The molecule has 0 aliphatic heterocycles. The van der Waals surface area contributed by atoms with Crippen molar-refractivity contribution in [3.05, 3.63) is 24.3 Å². The van der Waals surface area contributed by atoms with Crippen LogP contribution in [0.25, 0.3) is 0 Å². The lowest BCUT2D eigenvalue weighted by molar-refractivity contribution is -0.139. The van der Waals surface area contributed by atoms with Crippen molar-refractivity contribution in [2.24, 2.45) is 0 Å². The van der Waals surface area contributed by atoms with Crippen molar-refractivity contribution in [3.63, 3.8) is 0 Å². The minimum Gasteiger partial charge on any atom is -0.462 e. The van der Waals surface area contributed by atoms with Crippen LogP contribution >= 0.6 is 0 Å². The highest BCUT2D eigenvalue weighted by atomic mass is 28.4. The smallest absolute Gasteiger partial charge is 0.462 e. The zero-order chi connectivity index (χ0) is 23.1. The fourth-order valence-corrected chi connectivity index (χ4v) is 4.20. The van der Waals surface area contributed by atoms with Gasteiger partial charge in [-0.1, -0.05) is 13.2 Å². The molecule has 0 amide bonds. The number of hydrogen-bond acceptors (Lipinski definition) is 9. The van der Waals surface area contributed by atoms with Crippen molar-refractivity contribution < 1.29 is 41.2 Å². The minimum atomic E-state index is -2.81. The molecule has 0 aliphatic rings. The molecule has 0 unspecified atom stereocenters. The van der Waals surface area contributed by atoms with E-state index in [2.05, 4.69) is 13.2 Å². The Morgan fingerprint density at radius 3 is 1.52 bits per heavy atom. The van der Waals surface area contributed by atoms with E-state index in [0.717, 1.165) is 12.5 Å². The molecule has 0 radical (unpaired) electrons. The molecule has 0 atom stereocenters. The van der Waals surface area contributed by atoms with E-state index in [9.17, 15) is 9.59 Å². The van der Waals surface area contributed by atoms with Gasteiger partial charge in [0, 0.05) is 46.7 Å². The van der Waals surface area contributed by atoms with Crippen molar-refractivity contribution in [3.8, 4) is 0 Å². The molecule has 0 N–H and O–H groups in total. The Labute approximate surface area is 176 Å². The molecular weight excluding hydrogens is 416 g/mol. The first-order valence-electron chi connectivity index (χ1n) is 8.87. The molecule has 29 heavy (non-hydrogen) atoms. The number of carbonyl (C=O) groups excluding carboxylic acids is 2. The summed E-state index contributed by atoms with van der Waals surface area (Å²) in [4.78, 5) is 22.1. The molecule has 0 saturated carbocycles. The van der Waals surface area contributed by atoms with E-state index in [4.69, 9.17) is 31.6 Å². The van der Waals surface area contributed by atoms with E-state index in [-0.39, 0.29) is 12.2 Å². The summed E-state index contributed by atoms with van der Waals surface area (Å²) in [5.74, 6) is -0.818. The summed E-state index contributed by atoms with van der Waals surface area (Å²) >= 11 is 0. The number of ether oxygens (including phenoxy) is 2. The van der Waals surface area contributed by atoms with Crippen LogP contribution < -0.4 is 0 Å². The number of esters is 2. The molecule has 0 bridgehead atoms. The number of hydrogen-bond donors (Lipinski definition) is 0. The Kier molecular flexibility index (Phi) is 15.9. The van der Waals surface area contributed by atoms with Crippen molar-refractivity contribution in [2.75, 3.05) is 48.4 Å². The standard InChI is InChI=1S/C10H20O4Si.C8H16O5Si/c1-9(2)10(11)14-7-6-8-15(5,12-3)13-4;1-7(2)8(9)13-6-14(10-3,11-4)12-5/h1,6-8H2,2-5H3;1,6H2,2-5H3. The SMILES string of the molecule is C=C(C)C(=O)OCCC[Si](C)(OC)OC.C=C(C)C(=O)OC[Si](OC)(OC)OC. The third-order valence-electron chi connectivity index (χ3n) is 3.88. The Balaban J connectivity index is 0. The Morgan fingerprint density at radius 1 is 0.759 bits per heavy atom. The quantitative estimate of drug-likeness (QED) is 0.180. The summed E-state index contributed by atoms with van der Waals surface area (Å²) in [5, 5.41) is 0. The second-order valence-corrected chi connectivity index (χ2v) is 12.7. The summed E-state index contributed by atoms with van der Waals surface area (Å²) in [5.41, 5.74) is 0.754. The van der Waals surface area contributed by atoms with Crippen LogP contribution in [-0.4, -0.2) is 77.7 Å². The van der Waals surface area contributed by atoms with Crippen LogP contribution in [-0.2, 0) is 41.2 Å². The normalized spacial score (nSPS) is 11.2. The van der Waals surface area contributed by atoms with Crippen LogP contribution in [0.1, 0.15) is 20.3 Å². The molecule has 9 nitrogen and oxygen atoms in total. The van der Waals surface area contributed by atoms with Gasteiger partial charge < -0.3 is 31.6 Å².